The largest absolute Gasteiger partial charge is 0.486 e. The molecule has 4 aromatic rings. The van der Waals surface area contributed by atoms with Gasteiger partial charge in [-0.15, -0.1) is 0 Å². The van der Waals surface area contributed by atoms with E-state index in [0.717, 1.165) is 64.5 Å². The quantitative estimate of drug-likeness (QED) is 0.459. The summed E-state index contributed by atoms with van der Waals surface area (Å²) in [6.45, 7) is 6.01. The van der Waals surface area contributed by atoms with Gasteiger partial charge in [-0.1, -0.05) is 36.4 Å². The molecular weight excluding hydrogens is 384 g/mol. The third-order valence-corrected chi connectivity index (χ3v) is 5.80. The highest BCUT2D eigenvalue weighted by Crippen LogP contribution is 2.31. The van der Waals surface area contributed by atoms with Crippen LogP contribution in [0.15, 0.2) is 66.9 Å². The fourth-order valence-electron chi connectivity index (χ4n) is 4.10. The van der Waals surface area contributed by atoms with Gasteiger partial charge in [-0.05, 0) is 67.8 Å². The molecule has 1 aliphatic rings. The minimum absolute atomic E-state index is 0.0172. The molecule has 1 unspecified atom stereocenters. The minimum atomic E-state index is -0.0172. The smallest absolute Gasteiger partial charge is 0.162 e. The average Bonchev–Trinajstić information content (AvgIpc) is 3.28. The summed E-state index contributed by atoms with van der Waals surface area (Å²) in [5.74, 6) is 1.59. The summed E-state index contributed by atoms with van der Waals surface area (Å²) in [6.07, 6.45) is 5.12. The number of fused-ring (bicyclic) bond motifs is 1. The molecule has 0 spiro atoms. The number of hydrogen-bond donors (Lipinski definition) is 2. The van der Waals surface area contributed by atoms with Crippen LogP contribution in [-0.4, -0.2) is 28.0 Å². The van der Waals surface area contributed by atoms with E-state index in [1.54, 1.807) is 0 Å². The SMILES string of the molecule is Cc1cc(OC(C)c2ccccc2)ccc1-c1nc(C2=CCNCC2)c2cc[nH]c2n1. The van der Waals surface area contributed by atoms with Gasteiger partial charge in [0.25, 0.3) is 0 Å². The van der Waals surface area contributed by atoms with Gasteiger partial charge in [0.2, 0.25) is 0 Å². The van der Waals surface area contributed by atoms with Crippen LogP contribution in [0.4, 0.5) is 0 Å². The second kappa shape index (κ2) is 8.36. The van der Waals surface area contributed by atoms with E-state index in [0.29, 0.717) is 0 Å². The van der Waals surface area contributed by atoms with Gasteiger partial charge in [-0.25, -0.2) is 9.97 Å². The van der Waals surface area contributed by atoms with Gasteiger partial charge >= 0.3 is 0 Å². The standard InChI is InChI=1S/C26H26N4O/c1-17-16-21(31-18(2)19-6-4-3-5-7-19)8-9-22(17)26-29-24(20-10-13-27-14-11-20)23-12-15-28-25(23)30-26/h3-10,12,15-16,18,27H,11,13-14H2,1-2H3,(H,28,29,30). The molecule has 31 heavy (non-hydrogen) atoms. The first-order valence-electron chi connectivity index (χ1n) is 10.8. The van der Waals surface area contributed by atoms with Crippen molar-refractivity contribution < 1.29 is 4.74 Å². The zero-order chi connectivity index (χ0) is 21.2. The number of ether oxygens (including phenoxy) is 1. The Kier molecular flexibility index (Phi) is 5.26. The lowest BCUT2D eigenvalue weighted by Gasteiger charge is -2.17. The Labute approximate surface area is 182 Å². The Bertz CT molecular complexity index is 1240. The molecule has 5 rings (SSSR count). The van der Waals surface area contributed by atoms with E-state index >= 15 is 0 Å². The Morgan fingerprint density at radius 1 is 1.03 bits per heavy atom. The van der Waals surface area contributed by atoms with Crippen molar-refractivity contribution in [3.05, 3.63) is 83.7 Å². The van der Waals surface area contributed by atoms with Crippen LogP contribution in [0.25, 0.3) is 28.0 Å². The second-order valence-corrected chi connectivity index (χ2v) is 7.97. The molecule has 2 N–H and O–H groups in total. The molecule has 0 saturated heterocycles. The van der Waals surface area contributed by atoms with Gasteiger partial charge in [0.05, 0.1) is 5.69 Å². The Hall–Kier alpha value is -3.44. The van der Waals surface area contributed by atoms with Crippen LogP contribution in [-0.2, 0) is 0 Å². The Balaban J connectivity index is 1.48. The van der Waals surface area contributed by atoms with E-state index in [1.807, 2.05) is 30.5 Å². The Morgan fingerprint density at radius 2 is 1.90 bits per heavy atom. The van der Waals surface area contributed by atoms with Crippen molar-refractivity contribution >= 4 is 16.6 Å². The van der Waals surface area contributed by atoms with Gasteiger partial charge in [-0.2, -0.15) is 0 Å². The van der Waals surface area contributed by atoms with E-state index < -0.39 is 0 Å². The molecule has 3 heterocycles. The van der Waals surface area contributed by atoms with Crippen LogP contribution < -0.4 is 10.1 Å². The zero-order valence-electron chi connectivity index (χ0n) is 17.9. The number of aromatic amines is 1. The van der Waals surface area contributed by atoms with Crippen LogP contribution in [0.3, 0.4) is 0 Å². The molecule has 2 aromatic carbocycles. The fraction of sp³-hybridized carbons (Fsp3) is 0.231. The average molecular weight is 411 g/mol. The molecule has 5 heteroatoms. The first-order valence-corrected chi connectivity index (χ1v) is 10.8. The lowest BCUT2D eigenvalue weighted by molar-refractivity contribution is 0.227. The predicted molar refractivity (Wildman–Crippen MR) is 125 cm³/mol. The van der Waals surface area contributed by atoms with Gasteiger partial charge < -0.3 is 15.0 Å². The molecule has 0 amide bonds. The third-order valence-electron chi connectivity index (χ3n) is 5.80. The van der Waals surface area contributed by atoms with Crippen LogP contribution in [0, 0.1) is 6.92 Å². The van der Waals surface area contributed by atoms with Crippen LogP contribution in [0.2, 0.25) is 0 Å². The van der Waals surface area contributed by atoms with Gasteiger partial charge in [0, 0.05) is 23.7 Å². The lowest BCUT2D eigenvalue weighted by Crippen LogP contribution is -2.20. The topological polar surface area (TPSA) is 62.8 Å². The molecule has 0 radical (unpaired) electrons. The molecule has 5 nitrogen and oxygen atoms in total. The van der Waals surface area contributed by atoms with E-state index in [9.17, 15) is 0 Å². The van der Waals surface area contributed by atoms with E-state index in [4.69, 9.17) is 14.7 Å². The lowest BCUT2D eigenvalue weighted by atomic mass is 10.0. The predicted octanol–water partition coefficient (Wildman–Crippen LogP) is 5.45. The number of nitrogens with zero attached hydrogens (tertiary/aromatic N) is 2. The normalized spacial score (nSPS) is 15.0. The van der Waals surface area contributed by atoms with Crippen LogP contribution in [0.1, 0.15) is 36.3 Å². The summed E-state index contributed by atoms with van der Waals surface area (Å²) < 4.78 is 6.19. The summed E-state index contributed by atoms with van der Waals surface area (Å²) in [7, 11) is 0. The highest BCUT2D eigenvalue weighted by Gasteiger charge is 2.17. The molecule has 156 valence electrons. The van der Waals surface area contributed by atoms with Crippen molar-refractivity contribution in [3.8, 4) is 17.1 Å². The van der Waals surface area contributed by atoms with Gasteiger partial charge in [-0.3, -0.25) is 0 Å². The number of H-pyrrole nitrogens is 1. The van der Waals surface area contributed by atoms with E-state index in [-0.39, 0.29) is 6.10 Å². The maximum Gasteiger partial charge on any atom is 0.162 e. The first kappa shape index (κ1) is 19.5. The summed E-state index contributed by atoms with van der Waals surface area (Å²) in [5.41, 5.74) is 6.45. The molecule has 0 fully saturated rings. The summed E-state index contributed by atoms with van der Waals surface area (Å²) in [4.78, 5) is 13.1. The molecule has 1 aliphatic heterocycles. The van der Waals surface area contributed by atoms with Crippen molar-refractivity contribution in [2.45, 2.75) is 26.4 Å². The maximum atomic E-state index is 6.19. The van der Waals surface area contributed by atoms with Gasteiger partial charge in [0.1, 0.15) is 17.5 Å². The van der Waals surface area contributed by atoms with Gasteiger partial charge in [0.15, 0.2) is 5.82 Å². The number of aromatic nitrogens is 3. The number of aryl methyl sites for hydroxylation is 1. The second-order valence-electron chi connectivity index (χ2n) is 7.97. The zero-order valence-corrected chi connectivity index (χ0v) is 17.9. The van der Waals surface area contributed by atoms with Crippen molar-refractivity contribution in [2.75, 3.05) is 13.1 Å². The number of nitrogens with one attached hydrogen (secondary N) is 2. The fourth-order valence-corrected chi connectivity index (χ4v) is 4.10. The summed E-state index contributed by atoms with van der Waals surface area (Å²) >= 11 is 0. The highest BCUT2D eigenvalue weighted by molar-refractivity contribution is 5.90. The molecule has 1 atom stereocenters. The maximum absolute atomic E-state index is 6.19. The summed E-state index contributed by atoms with van der Waals surface area (Å²) in [5, 5.41) is 4.45. The molecule has 0 aliphatic carbocycles. The number of rotatable bonds is 5. The van der Waals surface area contributed by atoms with Crippen molar-refractivity contribution in [3.63, 3.8) is 0 Å². The van der Waals surface area contributed by atoms with Crippen LogP contribution >= 0.6 is 0 Å². The van der Waals surface area contributed by atoms with E-state index in [2.05, 4.69) is 60.6 Å². The molecule has 0 saturated carbocycles. The van der Waals surface area contributed by atoms with Crippen molar-refractivity contribution in [1.82, 2.24) is 20.3 Å². The minimum Gasteiger partial charge on any atom is -0.486 e. The summed E-state index contributed by atoms with van der Waals surface area (Å²) in [6, 6.07) is 18.5. The third kappa shape index (κ3) is 3.97. The monoisotopic (exact) mass is 410 g/mol. The first-order chi connectivity index (χ1) is 15.2. The van der Waals surface area contributed by atoms with Crippen molar-refractivity contribution in [2.24, 2.45) is 0 Å². The molecular formula is C26H26N4O. The Morgan fingerprint density at radius 3 is 2.68 bits per heavy atom. The van der Waals surface area contributed by atoms with Crippen molar-refractivity contribution in [1.29, 1.82) is 0 Å². The molecule has 2 aromatic heterocycles. The van der Waals surface area contributed by atoms with E-state index in [1.165, 1.54) is 5.57 Å². The number of benzene rings is 2. The molecule has 0 bridgehead atoms. The number of hydrogen-bond acceptors (Lipinski definition) is 4. The van der Waals surface area contributed by atoms with Crippen LogP contribution in [0.5, 0.6) is 5.75 Å². The highest BCUT2D eigenvalue weighted by atomic mass is 16.5.